The summed E-state index contributed by atoms with van der Waals surface area (Å²) in [6.07, 6.45) is 0.179. The summed E-state index contributed by atoms with van der Waals surface area (Å²) < 4.78 is 0. The number of nitrogens with one attached hydrogen (secondary N) is 3. The van der Waals surface area contributed by atoms with E-state index in [2.05, 4.69) is 16.0 Å². The molecule has 3 N–H and O–H groups in total. The maximum absolute atomic E-state index is 12.0. The summed E-state index contributed by atoms with van der Waals surface area (Å²) in [5.74, 6) is -0.178. The summed E-state index contributed by atoms with van der Waals surface area (Å²) in [6.45, 7) is 6.03. The number of hydrogen-bond acceptors (Lipinski definition) is 2. The summed E-state index contributed by atoms with van der Waals surface area (Å²) in [6, 6.07) is 12.8. The Kier molecular flexibility index (Phi) is 7.04. The SMILES string of the molecule is Cc1ccccc1C(C)NC(=O)NCCC(=O)Nc1cccc(Cl)c1C. The second kappa shape index (κ2) is 9.25. The molecule has 0 spiro atoms. The van der Waals surface area contributed by atoms with E-state index in [0.717, 1.165) is 16.7 Å². The van der Waals surface area contributed by atoms with Crippen molar-refractivity contribution in [3.63, 3.8) is 0 Å². The minimum Gasteiger partial charge on any atom is -0.338 e. The van der Waals surface area contributed by atoms with Crippen LogP contribution in [0.5, 0.6) is 0 Å². The van der Waals surface area contributed by atoms with Crippen LogP contribution in [0.4, 0.5) is 10.5 Å². The van der Waals surface area contributed by atoms with Gasteiger partial charge >= 0.3 is 6.03 Å². The minimum atomic E-state index is -0.299. The molecule has 0 heterocycles. The van der Waals surface area contributed by atoms with E-state index in [4.69, 9.17) is 11.6 Å². The third-order valence-electron chi connectivity index (χ3n) is 4.18. The van der Waals surface area contributed by atoms with Crippen molar-refractivity contribution in [2.75, 3.05) is 11.9 Å². The molecule has 0 bridgehead atoms. The number of amides is 3. The van der Waals surface area contributed by atoms with Crippen LogP contribution in [-0.2, 0) is 4.79 Å². The number of anilines is 1. The smallest absolute Gasteiger partial charge is 0.315 e. The normalized spacial score (nSPS) is 11.5. The van der Waals surface area contributed by atoms with Crippen LogP contribution in [0, 0.1) is 13.8 Å². The summed E-state index contributed by atoms with van der Waals surface area (Å²) >= 11 is 6.04. The van der Waals surface area contributed by atoms with E-state index in [1.165, 1.54) is 0 Å². The van der Waals surface area contributed by atoms with Crippen LogP contribution >= 0.6 is 11.6 Å². The fraction of sp³-hybridized carbons (Fsp3) is 0.300. The molecule has 2 rings (SSSR count). The summed E-state index contributed by atoms with van der Waals surface area (Å²) in [4.78, 5) is 24.0. The van der Waals surface area contributed by atoms with Crippen molar-refractivity contribution in [3.05, 3.63) is 64.2 Å². The Hall–Kier alpha value is -2.53. The minimum absolute atomic E-state index is 0.112. The molecule has 0 saturated carbocycles. The van der Waals surface area contributed by atoms with Gasteiger partial charge in [0.1, 0.15) is 0 Å². The van der Waals surface area contributed by atoms with Gasteiger partial charge in [0.25, 0.3) is 0 Å². The summed E-state index contributed by atoms with van der Waals surface area (Å²) in [5.41, 5.74) is 3.69. The highest BCUT2D eigenvalue weighted by atomic mass is 35.5. The van der Waals surface area contributed by atoms with E-state index < -0.39 is 0 Å². The Morgan fingerprint density at radius 3 is 2.54 bits per heavy atom. The molecule has 3 amide bonds. The third kappa shape index (κ3) is 5.49. The lowest BCUT2D eigenvalue weighted by Crippen LogP contribution is -2.38. The van der Waals surface area contributed by atoms with Gasteiger partial charge in [0.15, 0.2) is 0 Å². The van der Waals surface area contributed by atoms with Crippen molar-refractivity contribution in [1.82, 2.24) is 10.6 Å². The van der Waals surface area contributed by atoms with Crippen LogP contribution in [-0.4, -0.2) is 18.5 Å². The largest absolute Gasteiger partial charge is 0.338 e. The van der Waals surface area contributed by atoms with Crippen LogP contribution < -0.4 is 16.0 Å². The fourth-order valence-electron chi connectivity index (χ4n) is 2.64. The molecule has 1 atom stereocenters. The second-order valence-electron chi connectivity index (χ2n) is 6.19. The van der Waals surface area contributed by atoms with Crippen molar-refractivity contribution < 1.29 is 9.59 Å². The number of rotatable bonds is 6. The van der Waals surface area contributed by atoms with Gasteiger partial charge in [-0.15, -0.1) is 0 Å². The van der Waals surface area contributed by atoms with Crippen LogP contribution in [0.2, 0.25) is 5.02 Å². The average molecular weight is 374 g/mol. The van der Waals surface area contributed by atoms with Crippen LogP contribution in [0.25, 0.3) is 0 Å². The lowest BCUT2D eigenvalue weighted by molar-refractivity contribution is -0.116. The molecular formula is C20H24ClN3O2. The number of aryl methyl sites for hydroxylation is 1. The molecule has 0 saturated heterocycles. The van der Waals surface area contributed by atoms with Crippen LogP contribution in [0.15, 0.2) is 42.5 Å². The molecule has 0 aliphatic carbocycles. The first-order chi connectivity index (χ1) is 12.4. The quantitative estimate of drug-likeness (QED) is 0.704. The Morgan fingerprint density at radius 1 is 1.08 bits per heavy atom. The molecule has 2 aromatic carbocycles. The number of hydrogen-bond donors (Lipinski definition) is 3. The topological polar surface area (TPSA) is 70.2 Å². The van der Waals surface area contributed by atoms with Gasteiger partial charge in [-0.1, -0.05) is 41.9 Å². The van der Waals surface area contributed by atoms with E-state index in [1.54, 1.807) is 18.2 Å². The molecule has 0 radical (unpaired) electrons. The predicted octanol–water partition coefficient (Wildman–Crippen LogP) is 4.35. The molecule has 0 aliphatic rings. The van der Waals surface area contributed by atoms with Crippen molar-refractivity contribution in [3.8, 4) is 0 Å². The van der Waals surface area contributed by atoms with E-state index in [1.807, 2.05) is 45.0 Å². The molecular weight excluding hydrogens is 350 g/mol. The van der Waals surface area contributed by atoms with Gasteiger partial charge in [-0.3, -0.25) is 4.79 Å². The zero-order valence-corrected chi connectivity index (χ0v) is 16.0. The van der Waals surface area contributed by atoms with E-state index >= 15 is 0 Å². The van der Waals surface area contributed by atoms with Crippen molar-refractivity contribution in [2.45, 2.75) is 33.2 Å². The molecule has 138 valence electrons. The van der Waals surface area contributed by atoms with Crippen LogP contribution in [0.3, 0.4) is 0 Å². The molecule has 5 nitrogen and oxygen atoms in total. The predicted molar refractivity (Wildman–Crippen MR) is 106 cm³/mol. The highest BCUT2D eigenvalue weighted by Crippen LogP contribution is 2.22. The van der Waals surface area contributed by atoms with Gasteiger partial charge in [0.05, 0.1) is 6.04 Å². The second-order valence-corrected chi connectivity index (χ2v) is 6.60. The van der Waals surface area contributed by atoms with E-state index in [0.29, 0.717) is 10.7 Å². The molecule has 1 unspecified atom stereocenters. The zero-order valence-electron chi connectivity index (χ0n) is 15.2. The standard InChI is InChI=1S/C20H24ClN3O2/c1-13-7-4-5-8-16(13)15(3)23-20(26)22-12-11-19(25)24-18-10-6-9-17(21)14(18)2/h4-10,15H,11-12H2,1-3H3,(H,24,25)(H2,22,23,26). The van der Waals surface area contributed by atoms with Crippen molar-refractivity contribution in [1.29, 1.82) is 0 Å². The maximum Gasteiger partial charge on any atom is 0.315 e. The highest BCUT2D eigenvalue weighted by molar-refractivity contribution is 6.31. The van der Waals surface area contributed by atoms with Gasteiger partial charge in [-0.25, -0.2) is 4.79 Å². The Bertz CT molecular complexity index is 792. The van der Waals surface area contributed by atoms with Gasteiger partial charge in [-0.2, -0.15) is 0 Å². The first kappa shape index (κ1) is 19.8. The van der Waals surface area contributed by atoms with E-state index in [9.17, 15) is 9.59 Å². The molecule has 0 fully saturated rings. The average Bonchev–Trinajstić information content (AvgIpc) is 2.59. The highest BCUT2D eigenvalue weighted by Gasteiger charge is 2.12. The van der Waals surface area contributed by atoms with Gasteiger partial charge < -0.3 is 16.0 Å². The fourth-order valence-corrected chi connectivity index (χ4v) is 2.82. The Balaban J connectivity index is 1.76. The summed E-state index contributed by atoms with van der Waals surface area (Å²) in [7, 11) is 0. The van der Waals surface area contributed by atoms with Crippen molar-refractivity contribution >= 4 is 29.2 Å². The number of benzene rings is 2. The number of carbonyl (C=O) groups is 2. The van der Waals surface area contributed by atoms with Gasteiger partial charge in [-0.05, 0) is 49.6 Å². The maximum atomic E-state index is 12.0. The monoisotopic (exact) mass is 373 g/mol. The lowest BCUT2D eigenvalue weighted by atomic mass is 10.0. The molecule has 0 aromatic heterocycles. The lowest BCUT2D eigenvalue weighted by Gasteiger charge is -2.17. The Labute approximate surface area is 159 Å². The van der Waals surface area contributed by atoms with Gasteiger partial charge in [0, 0.05) is 23.7 Å². The summed E-state index contributed by atoms with van der Waals surface area (Å²) in [5, 5.41) is 8.99. The molecule has 6 heteroatoms. The number of urea groups is 1. The first-order valence-corrected chi connectivity index (χ1v) is 8.91. The Morgan fingerprint density at radius 2 is 1.81 bits per heavy atom. The zero-order chi connectivity index (χ0) is 19.1. The van der Waals surface area contributed by atoms with E-state index in [-0.39, 0.29) is 30.9 Å². The van der Waals surface area contributed by atoms with Gasteiger partial charge in [0.2, 0.25) is 5.91 Å². The third-order valence-corrected chi connectivity index (χ3v) is 4.59. The number of halogens is 1. The molecule has 2 aromatic rings. The molecule has 0 aliphatic heterocycles. The first-order valence-electron chi connectivity index (χ1n) is 8.53. The number of carbonyl (C=O) groups excluding carboxylic acids is 2. The molecule has 26 heavy (non-hydrogen) atoms. The van der Waals surface area contributed by atoms with Crippen molar-refractivity contribution in [2.24, 2.45) is 0 Å². The van der Waals surface area contributed by atoms with Crippen LogP contribution in [0.1, 0.15) is 36.1 Å².